The van der Waals surface area contributed by atoms with Crippen LogP contribution in [-0.4, -0.2) is 32.7 Å². The lowest BCUT2D eigenvalue weighted by Crippen LogP contribution is -2.26. The van der Waals surface area contributed by atoms with E-state index in [1.165, 1.54) is 25.2 Å². The smallest absolute Gasteiger partial charge is 0.271 e. The minimum Gasteiger partial charge on any atom is -0.384 e. The van der Waals surface area contributed by atoms with E-state index in [1.807, 2.05) is 0 Å². The molecule has 0 unspecified atom stereocenters. The maximum absolute atomic E-state index is 11.1. The van der Waals surface area contributed by atoms with Crippen molar-refractivity contribution >= 4 is 21.4 Å². The molecule has 0 aliphatic rings. The fourth-order valence-electron chi connectivity index (χ4n) is 1.16. The predicted molar refractivity (Wildman–Crippen MR) is 64.4 cm³/mol. The van der Waals surface area contributed by atoms with Crippen LogP contribution in [0.5, 0.6) is 0 Å². The first kappa shape index (κ1) is 13.4. The molecule has 0 saturated carbocycles. The molecule has 2 N–H and O–H groups in total. The van der Waals surface area contributed by atoms with E-state index in [9.17, 15) is 18.5 Å². The average Bonchev–Trinajstić information content (AvgIpc) is 2.29. The van der Waals surface area contributed by atoms with Crippen molar-refractivity contribution < 1.29 is 13.3 Å². The van der Waals surface area contributed by atoms with E-state index in [-0.39, 0.29) is 18.0 Å². The lowest BCUT2D eigenvalue weighted by molar-refractivity contribution is -0.384. The number of non-ortho nitro benzene ring substituents is 1. The van der Waals surface area contributed by atoms with Gasteiger partial charge in [0.2, 0.25) is 10.0 Å². The van der Waals surface area contributed by atoms with Crippen LogP contribution in [0.4, 0.5) is 11.4 Å². The first-order valence-electron chi connectivity index (χ1n) is 4.84. The number of benzene rings is 1. The van der Waals surface area contributed by atoms with Crippen LogP contribution in [0.15, 0.2) is 24.3 Å². The summed E-state index contributed by atoms with van der Waals surface area (Å²) in [6, 6.07) is 5.90. The summed E-state index contributed by atoms with van der Waals surface area (Å²) in [5, 5.41) is 13.3. The first-order valence-corrected chi connectivity index (χ1v) is 6.49. The molecule has 1 aromatic rings. The molecule has 1 aromatic carbocycles. The molecule has 17 heavy (non-hydrogen) atoms. The topological polar surface area (TPSA) is 101 Å². The van der Waals surface area contributed by atoms with E-state index in [1.54, 1.807) is 6.07 Å². The van der Waals surface area contributed by atoms with E-state index in [0.29, 0.717) is 5.69 Å². The third-order valence-electron chi connectivity index (χ3n) is 2.07. The van der Waals surface area contributed by atoms with Crippen molar-refractivity contribution in [2.45, 2.75) is 0 Å². The molecule has 7 nitrogen and oxygen atoms in total. The van der Waals surface area contributed by atoms with E-state index in [2.05, 4.69) is 10.0 Å². The molecular formula is C9H13N3O4S. The Morgan fingerprint density at radius 2 is 2.12 bits per heavy atom. The number of nitrogens with zero attached hydrogens (tertiary/aromatic N) is 1. The Morgan fingerprint density at radius 3 is 2.71 bits per heavy atom. The van der Waals surface area contributed by atoms with Gasteiger partial charge in [-0.3, -0.25) is 10.1 Å². The molecule has 0 aromatic heterocycles. The number of nitro groups is 1. The summed E-state index contributed by atoms with van der Waals surface area (Å²) in [6.07, 6.45) is 0. The molecule has 0 fully saturated rings. The van der Waals surface area contributed by atoms with Crippen molar-refractivity contribution in [1.82, 2.24) is 4.72 Å². The highest BCUT2D eigenvalue weighted by atomic mass is 32.2. The molecule has 94 valence electrons. The fourth-order valence-corrected chi connectivity index (χ4v) is 1.74. The van der Waals surface area contributed by atoms with Gasteiger partial charge in [-0.1, -0.05) is 6.07 Å². The van der Waals surface area contributed by atoms with Gasteiger partial charge in [-0.25, -0.2) is 13.1 Å². The van der Waals surface area contributed by atoms with Crippen LogP contribution >= 0.6 is 0 Å². The molecule has 0 radical (unpaired) electrons. The van der Waals surface area contributed by atoms with Crippen LogP contribution < -0.4 is 10.0 Å². The summed E-state index contributed by atoms with van der Waals surface area (Å²) >= 11 is 0. The van der Waals surface area contributed by atoms with Gasteiger partial charge in [0, 0.05) is 24.4 Å². The number of anilines is 1. The number of hydrogen-bond acceptors (Lipinski definition) is 5. The predicted octanol–water partition coefficient (Wildman–Crippen LogP) is 0.556. The molecule has 0 atom stereocenters. The lowest BCUT2D eigenvalue weighted by Gasteiger charge is -2.06. The quantitative estimate of drug-likeness (QED) is 0.574. The lowest BCUT2D eigenvalue weighted by atomic mass is 10.3. The Bertz CT molecular complexity index is 501. The van der Waals surface area contributed by atoms with Gasteiger partial charge in [0.25, 0.3) is 5.69 Å². The van der Waals surface area contributed by atoms with Crippen LogP contribution in [-0.2, 0) is 10.0 Å². The van der Waals surface area contributed by atoms with Gasteiger partial charge in [0.05, 0.1) is 10.7 Å². The van der Waals surface area contributed by atoms with E-state index in [0.717, 1.165) is 0 Å². The van der Waals surface area contributed by atoms with Gasteiger partial charge in [0.15, 0.2) is 0 Å². The van der Waals surface area contributed by atoms with E-state index in [4.69, 9.17) is 0 Å². The first-order chi connectivity index (χ1) is 7.94. The Balaban J connectivity index is 2.58. The van der Waals surface area contributed by atoms with Crippen LogP contribution in [0.2, 0.25) is 0 Å². The third kappa shape index (κ3) is 4.37. The number of sulfonamides is 1. The summed E-state index contributed by atoms with van der Waals surface area (Å²) < 4.78 is 24.4. The zero-order valence-electron chi connectivity index (χ0n) is 9.21. The van der Waals surface area contributed by atoms with Crippen molar-refractivity contribution in [3.8, 4) is 0 Å². The molecule has 8 heteroatoms. The second kappa shape index (κ2) is 5.60. The highest BCUT2D eigenvalue weighted by molar-refractivity contribution is 7.89. The second-order valence-electron chi connectivity index (χ2n) is 3.26. The van der Waals surface area contributed by atoms with Crippen molar-refractivity contribution in [3.05, 3.63) is 34.4 Å². The summed E-state index contributed by atoms with van der Waals surface area (Å²) in [7, 11) is -1.93. The molecule has 0 heterocycles. The number of hydrogen-bond donors (Lipinski definition) is 2. The SMILES string of the molecule is CNS(=O)(=O)CCNc1cccc([N+](=O)[O-])c1. The molecular weight excluding hydrogens is 246 g/mol. The maximum Gasteiger partial charge on any atom is 0.271 e. The van der Waals surface area contributed by atoms with Gasteiger partial charge >= 0.3 is 0 Å². The zero-order valence-corrected chi connectivity index (χ0v) is 10.0. The average molecular weight is 259 g/mol. The van der Waals surface area contributed by atoms with E-state index < -0.39 is 14.9 Å². The fraction of sp³-hybridized carbons (Fsp3) is 0.333. The second-order valence-corrected chi connectivity index (χ2v) is 5.30. The molecule has 0 amide bonds. The van der Waals surface area contributed by atoms with Crippen LogP contribution in [0, 0.1) is 10.1 Å². The van der Waals surface area contributed by atoms with Gasteiger partial charge < -0.3 is 5.32 Å². The van der Waals surface area contributed by atoms with Crippen LogP contribution in [0.3, 0.4) is 0 Å². The minimum atomic E-state index is -3.26. The van der Waals surface area contributed by atoms with Crippen molar-refractivity contribution in [3.63, 3.8) is 0 Å². The van der Waals surface area contributed by atoms with Crippen LogP contribution in [0.1, 0.15) is 0 Å². The standard InChI is InChI=1S/C9H13N3O4S/c1-10-17(15,16)6-5-11-8-3-2-4-9(7-8)12(13)14/h2-4,7,10-11H,5-6H2,1H3. The summed E-state index contributed by atoms with van der Waals surface area (Å²) in [5.41, 5.74) is 0.483. The van der Waals surface area contributed by atoms with E-state index >= 15 is 0 Å². The van der Waals surface area contributed by atoms with Crippen molar-refractivity contribution in [1.29, 1.82) is 0 Å². The van der Waals surface area contributed by atoms with Gasteiger partial charge in [-0.15, -0.1) is 0 Å². The largest absolute Gasteiger partial charge is 0.384 e. The van der Waals surface area contributed by atoms with Gasteiger partial charge in [-0.05, 0) is 13.1 Å². The summed E-state index contributed by atoms with van der Waals surface area (Å²) in [4.78, 5) is 10.00. The number of nitro benzene ring substituents is 1. The monoisotopic (exact) mass is 259 g/mol. The molecule has 0 aliphatic heterocycles. The normalized spacial score (nSPS) is 11.1. The summed E-state index contributed by atoms with van der Waals surface area (Å²) in [5.74, 6) is -0.0911. The molecule has 0 aliphatic carbocycles. The van der Waals surface area contributed by atoms with Gasteiger partial charge in [-0.2, -0.15) is 0 Å². The highest BCUT2D eigenvalue weighted by Gasteiger charge is 2.08. The zero-order chi connectivity index (χ0) is 12.9. The molecule has 0 saturated heterocycles. The molecule has 0 spiro atoms. The summed E-state index contributed by atoms with van der Waals surface area (Å²) in [6.45, 7) is 0.185. The Labute approximate surface area is 99.0 Å². The molecule has 0 bridgehead atoms. The molecule has 1 rings (SSSR count). The maximum atomic E-state index is 11.1. The Kier molecular flexibility index (Phi) is 4.41. The minimum absolute atomic E-state index is 0.0357. The van der Waals surface area contributed by atoms with Crippen LogP contribution in [0.25, 0.3) is 0 Å². The number of nitrogens with one attached hydrogen (secondary N) is 2. The van der Waals surface area contributed by atoms with Crippen molar-refractivity contribution in [2.75, 3.05) is 24.7 Å². The highest BCUT2D eigenvalue weighted by Crippen LogP contribution is 2.16. The third-order valence-corrected chi connectivity index (χ3v) is 3.43. The Morgan fingerprint density at radius 1 is 1.41 bits per heavy atom. The number of rotatable bonds is 6. The van der Waals surface area contributed by atoms with Gasteiger partial charge in [0.1, 0.15) is 0 Å². The Hall–Kier alpha value is -1.67. The van der Waals surface area contributed by atoms with Crippen molar-refractivity contribution in [2.24, 2.45) is 0 Å².